The van der Waals surface area contributed by atoms with Gasteiger partial charge >= 0.3 is 11.9 Å². The molecule has 1 aliphatic heterocycles. The third-order valence-corrected chi connectivity index (χ3v) is 11.3. The number of carbonyl (C=O) groups excluding carboxylic acids is 2. The van der Waals surface area contributed by atoms with E-state index in [1.54, 1.807) is 0 Å². The second kappa shape index (κ2) is 35.8. The van der Waals surface area contributed by atoms with Crippen molar-refractivity contribution in [3.05, 3.63) is 24.3 Å². The van der Waals surface area contributed by atoms with E-state index in [4.69, 9.17) is 18.9 Å². The fourth-order valence-electron chi connectivity index (χ4n) is 6.90. The van der Waals surface area contributed by atoms with E-state index in [1.807, 2.05) is 0 Å². The fourth-order valence-corrected chi connectivity index (χ4v) is 7.59. The van der Waals surface area contributed by atoms with Crippen LogP contribution in [0.4, 0.5) is 0 Å². The van der Waals surface area contributed by atoms with Crippen LogP contribution in [0, 0.1) is 0 Å². The van der Waals surface area contributed by atoms with Gasteiger partial charge in [0.05, 0.1) is 6.61 Å². The number of unbranched alkanes of at least 4 members (excludes halogenated alkanes) is 22. The Morgan fingerprint density at radius 2 is 0.983 bits per heavy atom. The summed E-state index contributed by atoms with van der Waals surface area (Å²) in [5, 5.41) is 30.9. The van der Waals surface area contributed by atoms with Crippen molar-refractivity contribution in [1.82, 2.24) is 0 Å². The van der Waals surface area contributed by atoms with Crippen molar-refractivity contribution < 1.29 is 56.8 Å². The van der Waals surface area contributed by atoms with Crippen molar-refractivity contribution in [3.8, 4) is 0 Å². The highest BCUT2D eigenvalue weighted by Crippen LogP contribution is 2.24. The largest absolute Gasteiger partial charge is 0.462 e. The van der Waals surface area contributed by atoms with Gasteiger partial charge in [-0.2, -0.15) is 8.42 Å². The lowest BCUT2D eigenvalue weighted by molar-refractivity contribution is -0.297. The van der Waals surface area contributed by atoms with Gasteiger partial charge in [0.25, 0.3) is 10.1 Å². The molecule has 1 rings (SSSR count). The predicted molar refractivity (Wildman–Crippen MR) is 229 cm³/mol. The minimum Gasteiger partial charge on any atom is -0.462 e. The molecular formula is C45H82O12S. The highest BCUT2D eigenvalue weighted by Gasteiger charge is 2.46. The molecular weight excluding hydrogens is 765 g/mol. The van der Waals surface area contributed by atoms with Crippen molar-refractivity contribution in [1.29, 1.82) is 0 Å². The number of aliphatic hydroxyl groups excluding tert-OH is 3. The maximum Gasteiger partial charge on any atom is 0.306 e. The van der Waals surface area contributed by atoms with Crippen LogP contribution in [0.15, 0.2) is 24.3 Å². The van der Waals surface area contributed by atoms with Gasteiger partial charge in [-0.1, -0.05) is 141 Å². The number of rotatable bonds is 38. The Bertz CT molecular complexity index is 1180. The number of carbonyl (C=O) groups is 2. The second-order valence-corrected chi connectivity index (χ2v) is 17.6. The molecule has 0 bridgehead atoms. The first-order valence-electron chi connectivity index (χ1n) is 22.9. The Kier molecular flexibility index (Phi) is 33.5. The maximum absolute atomic E-state index is 12.8. The molecule has 0 aliphatic carbocycles. The number of esters is 2. The van der Waals surface area contributed by atoms with Crippen molar-refractivity contribution in [2.24, 2.45) is 0 Å². The van der Waals surface area contributed by atoms with Crippen LogP contribution in [0.5, 0.6) is 0 Å². The average Bonchev–Trinajstić information content (AvgIpc) is 3.18. The quantitative estimate of drug-likeness (QED) is 0.0200. The zero-order chi connectivity index (χ0) is 42.7. The Balaban J connectivity index is 2.46. The number of ether oxygens (including phenoxy) is 4. The van der Waals surface area contributed by atoms with Crippen LogP contribution in [0.3, 0.4) is 0 Å². The summed E-state index contributed by atoms with van der Waals surface area (Å²) in [6, 6.07) is 0. The SMILES string of the molecule is CCCCCCCC/C=C\CCCCCCCC(=O)OC[C@@H](CO[C@@H]1O[C@H](CS(=O)(=O)O)[C@@H](O)[C@H](O)[C@H]1O)OC(=O)CCCCCCC/C=C\CCCCCCCC. The summed E-state index contributed by atoms with van der Waals surface area (Å²) in [5.41, 5.74) is 0. The summed E-state index contributed by atoms with van der Waals surface area (Å²) in [6.45, 7) is 3.74. The van der Waals surface area contributed by atoms with E-state index < -0.39 is 71.2 Å². The first kappa shape index (κ1) is 54.1. The lowest BCUT2D eigenvalue weighted by Crippen LogP contribution is -2.60. The molecule has 58 heavy (non-hydrogen) atoms. The predicted octanol–water partition coefficient (Wildman–Crippen LogP) is 9.23. The first-order chi connectivity index (χ1) is 28.0. The topological polar surface area (TPSA) is 186 Å². The number of aliphatic hydroxyl groups is 3. The number of allylic oxidation sites excluding steroid dienone is 4. The molecule has 0 aromatic heterocycles. The van der Waals surface area contributed by atoms with Gasteiger partial charge in [0, 0.05) is 12.8 Å². The lowest BCUT2D eigenvalue weighted by atomic mass is 10.00. The Morgan fingerprint density at radius 3 is 1.43 bits per heavy atom. The van der Waals surface area contributed by atoms with Gasteiger partial charge in [-0.15, -0.1) is 0 Å². The molecule has 0 amide bonds. The van der Waals surface area contributed by atoms with Crippen LogP contribution < -0.4 is 0 Å². The molecule has 0 spiro atoms. The molecule has 6 atom stereocenters. The van der Waals surface area contributed by atoms with Crippen molar-refractivity contribution in [2.75, 3.05) is 19.0 Å². The summed E-state index contributed by atoms with van der Waals surface area (Å²) >= 11 is 0. The summed E-state index contributed by atoms with van der Waals surface area (Å²) in [5.74, 6) is -2.00. The van der Waals surface area contributed by atoms with E-state index in [2.05, 4.69) is 38.2 Å². The smallest absolute Gasteiger partial charge is 0.306 e. The Hall–Kier alpha value is -1.87. The summed E-state index contributed by atoms with van der Waals surface area (Å²) in [6.07, 6.45) is 29.3. The van der Waals surface area contributed by atoms with E-state index in [0.717, 1.165) is 77.0 Å². The normalized spacial score (nSPS) is 20.6. The van der Waals surface area contributed by atoms with E-state index in [0.29, 0.717) is 12.8 Å². The molecule has 1 saturated heterocycles. The highest BCUT2D eigenvalue weighted by atomic mass is 32.2. The lowest BCUT2D eigenvalue weighted by Gasteiger charge is -2.40. The zero-order valence-electron chi connectivity index (χ0n) is 36.2. The summed E-state index contributed by atoms with van der Waals surface area (Å²) in [7, 11) is -4.60. The maximum atomic E-state index is 12.8. The molecule has 0 saturated carbocycles. The molecule has 1 fully saturated rings. The van der Waals surface area contributed by atoms with Crippen molar-refractivity contribution in [3.63, 3.8) is 0 Å². The summed E-state index contributed by atoms with van der Waals surface area (Å²) < 4.78 is 54.0. The van der Waals surface area contributed by atoms with Crippen LogP contribution in [0.2, 0.25) is 0 Å². The third-order valence-electron chi connectivity index (χ3n) is 10.5. The van der Waals surface area contributed by atoms with Crippen LogP contribution in [0.25, 0.3) is 0 Å². The third kappa shape index (κ3) is 30.2. The molecule has 340 valence electrons. The minimum absolute atomic E-state index is 0.154. The van der Waals surface area contributed by atoms with Gasteiger partial charge in [-0.05, 0) is 64.2 Å². The van der Waals surface area contributed by atoms with Crippen LogP contribution in [-0.2, 0) is 38.7 Å². The van der Waals surface area contributed by atoms with Crippen molar-refractivity contribution >= 4 is 22.1 Å². The van der Waals surface area contributed by atoms with E-state index in [1.165, 1.54) is 77.0 Å². The van der Waals surface area contributed by atoms with Crippen LogP contribution in [0.1, 0.15) is 194 Å². The number of hydrogen-bond donors (Lipinski definition) is 4. The minimum atomic E-state index is -4.60. The molecule has 13 heteroatoms. The van der Waals surface area contributed by atoms with E-state index in [9.17, 15) is 37.9 Å². The molecule has 0 radical (unpaired) electrons. The fraction of sp³-hybridized carbons (Fsp3) is 0.867. The molecule has 4 N–H and O–H groups in total. The number of hydrogen-bond acceptors (Lipinski definition) is 11. The Morgan fingerprint density at radius 1 is 0.569 bits per heavy atom. The molecule has 1 heterocycles. The summed E-state index contributed by atoms with van der Waals surface area (Å²) in [4.78, 5) is 25.4. The molecule has 0 unspecified atom stereocenters. The van der Waals surface area contributed by atoms with Crippen LogP contribution in [-0.4, -0.2) is 96.0 Å². The van der Waals surface area contributed by atoms with Gasteiger partial charge in [0.1, 0.15) is 36.8 Å². The molecule has 12 nitrogen and oxygen atoms in total. The van der Waals surface area contributed by atoms with Gasteiger partial charge in [0.2, 0.25) is 0 Å². The monoisotopic (exact) mass is 847 g/mol. The van der Waals surface area contributed by atoms with Crippen LogP contribution >= 0.6 is 0 Å². The molecule has 1 aliphatic rings. The van der Waals surface area contributed by atoms with Gasteiger partial charge in [0.15, 0.2) is 12.4 Å². The first-order valence-corrected chi connectivity index (χ1v) is 24.5. The van der Waals surface area contributed by atoms with Gasteiger partial charge in [-0.3, -0.25) is 14.1 Å². The standard InChI is InChI=1S/C45H82O12S/c1-3-5-7-9-11-13-15-17-19-21-23-25-27-29-31-33-40(46)54-35-38(36-55-45-44(50)43(49)42(48)39(57-45)37-58(51,52)53)56-41(47)34-32-30-28-26-24-22-20-18-16-14-12-10-8-6-4-2/h17-20,38-39,42-45,48-50H,3-16,21-37H2,1-2H3,(H,51,52,53)/b19-17-,20-18-/t38-,39+,42+,43-,44+,45+/m0/s1. The highest BCUT2D eigenvalue weighted by molar-refractivity contribution is 7.85. The second-order valence-electron chi connectivity index (χ2n) is 16.1. The van der Waals surface area contributed by atoms with Gasteiger partial charge < -0.3 is 34.3 Å². The van der Waals surface area contributed by atoms with Crippen molar-refractivity contribution in [2.45, 2.75) is 230 Å². The van der Waals surface area contributed by atoms with E-state index >= 15 is 0 Å². The molecule has 0 aromatic rings. The average molecular weight is 847 g/mol. The molecule has 0 aromatic carbocycles. The van der Waals surface area contributed by atoms with Gasteiger partial charge in [-0.25, -0.2) is 0 Å². The van der Waals surface area contributed by atoms with E-state index in [-0.39, 0.29) is 19.4 Å². The Labute approximate surface area is 351 Å². The zero-order valence-corrected chi connectivity index (χ0v) is 37.0.